The molecule has 0 saturated carbocycles. The third-order valence-corrected chi connectivity index (χ3v) is 16.6. The fourth-order valence-corrected chi connectivity index (χ4v) is 13.4. The van der Waals surface area contributed by atoms with Crippen LogP contribution in [0.3, 0.4) is 0 Å². The number of hydrogen-bond donors (Lipinski definition) is 0. The summed E-state index contributed by atoms with van der Waals surface area (Å²) in [6.45, 7) is 0. The predicted molar refractivity (Wildman–Crippen MR) is 312 cm³/mol. The molecule has 0 saturated heterocycles. The standard InChI is InChI=1S/C72H45N5/c1-5-20-49(21-6-1)71(50-22-7-2-8-23-50)60-32-16-13-28-53(60)55-39-36-47(44-62(55)71)64-42-38-46-35-41-59-67(66(46)74-64)75-68(76-70(59)77-65-34-18-15-30-57(65)58-31-19-43-73-69(58)77)48-37-40-56-54-29-14-17-33-61(54)72(63(56)45-48,51-24-9-3-10-25-51)52-26-11-4-12-27-52/h1-45H. The minimum Gasteiger partial charge on any atom is -0.277 e. The summed E-state index contributed by atoms with van der Waals surface area (Å²) in [6.07, 6.45) is 1.87. The molecule has 0 atom stereocenters. The summed E-state index contributed by atoms with van der Waals surface area (Å²) in [7, 11) is 0. The molecule has 16 rings (SSSR count). The van der Waals surface area contributed by atoms with Crippen molar-refractivity contribution in [2.24, 2.45) is 0 Å². The highest BCUT2D eigenvalue weighted by Gasteiger charge is 2.47. The van der Waals surface area contributed by atoms with Gasteiger partial charge >= 0.3 is 0 Å². The number of hydrogen-bond acceptors (Lipinski definition) is 4. The van der Waals surface area contributed by atoms with Gasteiger partial charge in [0.05, 0.1) is 27.6 Å². The van der Waals surface area contributed by atoms with Gasteiger partial charge in [0, 0.05) is 38.9 Å². The Labute approximate surface area is 445 Å². The Morgan fingerprint density at radius 3 is 1.43 bits per heavy atom. The van der Waals surface area contributed by atoms with Crippen LogP contribution in [0.5, 0.6) is 0 Å². The quantitative estimate of drug-likeness (QED) is 0.149. The number of fused-ring (bicyclic) bond motifs is 12. The number of benzene rings is 10. The fraction of sp³-hybridized carbons (Fsp3) is 0.0278. The maximum absolute atomic E-state index is 5.70. The first-order valence-corrected chi connectivity index (χ1v) is 26.4. The van der Waals surface area contributed by atoms with Gasteiger partial charge in [0.25, 0.3) is 0 Å². The van der Waals surface area contributed by atoms with Crippen LogP contribution in [0, 0.1) is 0 Å². The molecule has 5 nitrogen and oxygen atoms in total. The second-order valence-electron chi connectivity index (χ2n) is 20.4. The van der Waals surface area contributed by atoms with E-state index in [1.54, 1.807) is 0 Å². The third kappa shape index (κ3) is 6.11. The molecule has 2 aliphatic rings. The van der Waals surface area contributed by atoms with Crippen LogP contribution in [0.1, 0.15) is 44.5 Å². The highest BCUT2D eigenvalue weighted by Crippen LogP contribution is 2.58. The molecule has 0 unspecified atom stereocenters. The lowest BCUT2D eigenvalue weighted by Crippen LogP contribution is -2.28. The largest absolute Gasteiger partial charge is 0.277 e. The van der Waals surface area contributed by atoms with Crippen molar-refractivity contribution in [2.45, 2.75) is 10.8 Å². The summed E-state index contributed by atoms with van der Waals surface area (Å²) in [5.74, 6) is 1.35. The lowest BCUT2D eigenvalue weighted by molar-refractivity contribution is 0.768. The van der Waals surface area contributed by atoms with Crippen LogP contribution >= 0.6 is 0 Å². The average molecular weight is 980 g/mol. The van der Waals surface area contributed by atoms with E-state index in [-0.39, 0.29) is 0 Å². The summed E-state index contributed by atoms with van der Waals surface area (Å²) in [6, 6.07) is 96.8. The SMILES string of the molecule is c1ccc(C2(c3ccccc3)c3ccccc3-c3ccc(-c4ccc5ccc6c(-n7c8ccccc8c8cccnc87)nc(-c7ccc8c(c7)C(c7ccccc7)(c7ccccc7)c7ccccc7-8)nc6c5n4)cc32)cc1. The van der Waals surface area contributed by atoms with Crippen LogP contribution in [0.2, 0.25) is 0 Å². The summed E-state index contributed by atoms with van der Waals surface area (Å²) < 4.78 is 2.22. The second kappa shape index (κ2) is 16.7. The normalized spacial score (nSPS) is 13.7. The van der Waals surface area contributed by atoms with Crippen LogP contribution in [-0.4, -0.2) is 24.5 Å². The Bertz CT molecular complexity index is 4550. The van der Waals surface area contributed by atoms with E-state index in [4.69, 9.17) is 19.9 Å². The van der Waals surface area contributed by atoms with Crippen molar-refractivity contribution in [3.8, 4) is 50.7 Å². The van der Waals surface area contributed by atoms with Crippen molar-refractivity contribution in [3.05, 3.63) is 318 Å². The first kappa shape index (κ1) is 43.3. The van der Waals surface area contributed by atoms with Crippen molar-refractivity contribution in [3.63, 3.8) is 0 Å². The van der Waals surface area contributed by atoms with Crippen molar-refractivity contribution in [1.82, 2.24) is 24.5 Å². The van der Waals surface area contributed by atoms with Gasteiger partial charge in [-0.1, -0.05) is 224 Å². The van der Waals surface area contributed by atoms with Crippen molar-refractivity contribution >= 4 is 43.7 Å². The Morgan fingerprint density at radius 1 is 0.325 bits per heavy atom. The van der Waals surface area contributed by atoms with Gasteiger partial charge in [0.1, 0.15) is 11.2 Å². The third-order valence-electron chi connectivity index (χ3n) is 16.6. The van der Waals surface area contributed by atoms with E-state index in [0.717, 1.165) is 66.4 Å². The van der Waals surface area contributed by atoms with Crippen LogP contribution in [-0.2, 0) is 10.8 Å². The summed E-state index contributed by atoms with van der Waals surface area (Å²) >= 11 is 0. The number of nitrogens with zero attached hydrogens (tertiary/aromatic N) is 5. The van der Waals surface area contributed by atoms with Gasteiger partial charge in [-0.15, -0.1) is 0 Å². The highest BCUT2D eigenvalue weighted by molar-refractivity contribution is 6.11. The van der Waals surface area contributed by atoms with Gasteiger partial charge in [-0.2, -0.15) is 0 Å². The zero-order valence-electron chi connectivity index (χ0n) is 41.7. The Morgan fingerprint density at radius 2 is 0.818 bits per heavy atom. The molecule has 14 aromatic rings. The lowest BCUT2D eigenvalue weighted by Gasteiger charge is -2.34. The predicted octanol–water partition coefficient (Wildman–Crippen LogP) is 16.7. The topological polar surface area (TPSA) is 56.5 Å². The van der Waals surface area contributed by atoms with Crippen molar-refractivity contribution in [2.75, 3.05) is 0 Å². The van der Waals surface area contributed by atoms with Crippen LogP contribution < -0.4 is 0 Å². The summed E-state index contributed by atoms with van der Waals surface area (Å²) in [5.41, 5.74) is 19.8. The van der Waals surface area contributed by atoms with Gasteiger partial charge in [-0.05, 0) is 109 Å². The van der Waals surface area contributed by atoms with E-state index in [0.29, 0.717) is 5.82 Å². The van der Waals surface area contributed by atoms with E-state index >= 15 is 0 Å². The summed E-state index contributed by atoms with van der Waals surface area (Å²) in [5, 5.41) is 4.04. The summed E-state index contributed by atoms with van der Waals surface area (Å²) in [4.78, 5) is 22.1. The molecule has 358 valence electrons. The lowest BCUT2D eigenvalue weighted by atomic mass is 9.67. The number of rotatable bonds is 7. The van der Waals surface area contributed by atoms with Crippen LogP contribution in [0.4, 0.5) is 0 Å². The molecule has 0 N–H and O–H groups in total. The molecule has 2 aliphatic carbocycles. The Kier molecular flexibility index (Phi) is 9.40. The fourth-order valence-electron chi connectivity index (χ4n) is 13.4. The molecular weight excluding hydrogens is 935 g/mol. The molecule has 10 aromatic carbocycles. The van der Waals surface area contributed by atoms with E-state index < -0.39 is 10.8 Å². The van der Waals surface area contributed by atoms with Crippen molar-refractivity contribution < 1.29 is 0 Å². The molecule has 4 heterocycles. The number of para-hydroxylation sites is 1. The second-order valence-corrected chi connectivity index (χ2v) is 20.4. The van der Waals surface area contributed by atoms with E-state index in [9.17, 15) is 0 Å². The molecule has 0 spiro atoms. The molecule has 0 aliphatic heterocycles. The zero-order chi connectivity index (χ0) is 50.7. The maximum atomic E-state index is 5.70. The average Bonchev–Trinajstić information content (AvgIpc) is 4.25. The van der Waals surface area contributed by atoms with E-state index in [1.807, 2.05) is 12.3 Å². The molecule has 4 aromatic heterocycles. The maximum Gasteiger partial charge on any atom is 0.162 e. The van der Waals surface area contributed by atoms with Gasteiger partial charge in [0.2, 0.25) is 0 Å². The molecule has 0 bridgehead atoms. The van der Waals surface area contributed by atoms with Crippen LogP contribution in [0.15, 0.2) is 273 Å². The first-order chi connectivity index (χ1) is 38.2. The van der Waals surface area contributed by atoms with Crippen molar-refractivity contribution in [1.29, 1.82) is 0 Å². The Hall–Kier alpha value is -10.1. The molecule has 5 heteroatoms. The number of aromatic nitrogens is 5. The minimum atomic E-state index is -0.597. The molecule has 0 amide bonds. The zero-order valence-corrected chi connectivity index (χ0v) is 41.7. The Balaban J connectivity index is 0.959. The first-order valence-electron chi connectivity index (χ1n) is 26.4. The molecular formula is C72H45N5. The smallest absolute Gasteiger partial charge is 0.162 e. The van der Waals surface area contributed by atoms with Crippen LogP contribution in [0.25, 0.3) is 94.5 Å². The molecule has 77 heavy (non-hydrogen) atoms. The van der Waals surface area contributed by atoms with E-state index in [1.165, 1.54) is 66.8 Å². The monoisotopic (exact) mass is 979 g/mol. The van der Waals surface area contributed by atoms with Gasteiger partial charge in [0.15, 0.2) is 11.6 Å². The minimum absolute atomic E-state index is 0.544. The van der Waals surface area contributed by atoms with Gasteiger partial charge in [-0.3, -0.25) is 4.57 Å². The molecule has 0 fully saturated rings. The van der Waals surface area contributed by atoms with Gasteiger partial charge < -0.3 is 0 Å². The van der Waals surface area contributed by atoms with E-state index in [2.05, 4.69) is 265 Å². The van der Waals surface area contributed by atoms with Gasteiger partial charge in [-0.25, -0.2) is 19.9 Å². The molecule has 0 radical (unpaired) electrons. The highest BCUT2D eigenvalue weighted by atomic mass is 15.1. The number of pyridine rings is 2.